The predicted molar refractivity (Wildman–Crippen MR) is 129 cm³/mol. The first-order valence-corrected chi connectivity index (χ1v) is 10.0. The first-order valence-electron chi connectivity index (χ1n) is 10.0. The van der Waals surface area contributed by atoms with Crippen molar-refractivity contribution in [1.29, 1.82) is 0 Å². The van der Waals surface area contributed by atoms with Crippen LogP contribution in [0, 0.1) is 12.8 Å². The van der Waals surface area contributed by atoms with Gasteiger partial charge < -0.3 is 10.6 Å². The van der Waals surface area contributed by atoms with Crippen LogP contribution in [0.2, 0.25) is 0 Å². The molecule has 6 heteroatoms. The van der Waals surface area contributed by atoms with E-state index in [1.807, 2.05) is 42.2 Å². The van der Waals surface area contributed by atoms with Gasteiger partial charge in [0.1, 0.15) is 0 Å². The molecule has 0 bridgehead atoms. The summed E-state index contributed by atoms with van der Waals surface area (Å²) in [6.07, 6.45) is 2.10. The molecule has 2 atom stereocenters. The number of hydrogen-bond acceptors (Lipinski definition) is 3. The Balaban J connectivity index is 0.00000160. The van der Waals surface area contributed by atoms with Crippen molar-refractivity contribution in [1.82, 2.24) is 9.88 Å². The lowest BCUT2D eigenvalue weighted by Gasteiger charge is -2.35. The molecule has 1 aromatic heterocycles. The van der Waals surface area contributed by atoms with E-state index in [1.165, 1.54) is 5.56 Å². The highest BCUT2D eigenvalue weighted by atomic mass is 35.5. The molecule has 1 aliphatic heterocycles. The highest BCUT2D eigenvalue weighted by molar-refractivity contribution is 6.07. The number of carbonyl (C=O) groups excluding carboxylic acids is 1. The summed E-state index contributed by atoms with van der Waals surface area (Å²) in [6, 6.07) is 18.2. The number of amides is 1. The van der Waals surface area contributed by atoms with Gasteiger partial charge >= 0.3 is 0 Å². The van der Waals surface area contributed by atoms with E-state index in [2.05, 4.69) is 31.2 Å². The van der Waals surface area contributed by atoms with E-state index in [0.717, 1.165) is 53.7 Å². The molecule has 30 heavy (non-hydrogen) atoms. The molecule has 160 valence electrons. The van der Waals surface area contributed by atoms with Gasteiger partial charge in [-0.15, -0.1) is 24.8 Å². The summed E-state index contributed by atoms with van der Waals surface area (Å²) in [5.41, 5.74) is 10.8. The van der Waals surface area contributed by atoms with Crippen LogP contribution in [0.3, 0.4) is 0 Å². The monoisotopic (exact) mass is 445 g/mol. The van der Waals surface area contributed by atoms with Crippen molar-refractivity contribution in [2.45, 2.75) is 32.7 Å². The van der Waals surface area contributed by atoms with Crippen LogP contribution in [0.1, 0.15) is 35.7 Å². The molecule has 4 nitrogen and oxygen atoms in total. The highest BCUT2D eigenvalue weighted by Gasteiger charge is 2.27. The van der Waals surface area contributed by atoms with Crippen molar-refractivity contribution in [3.05, 3.63) is 65.7 Å². The summed E-state index contributed by atoms with van der Waals surface area (Å²) >= 11 is 0. The Kier molecular flexibility index (Phi) is 8.25. The molecule has 2 N–H and O–H groups in total. The molecule has 1 fully saturated rings. The minimum Gasteiger partial charge on any atom is -0.338 e. The number of benzene rings is 2. The number of piperidine rings is 1. The molecule has 0 saturated carbocycles. The molecular formula is C24H29Cl2N3O. The molecule has 1 aliphatic rings. The van der Waals surface area contributed by atoms with Gasteiger partial charge in [-0.05, 0) is 44.7 Å². The Hall–Kier alpha value is -2.14. The lowest BCUT2D eigenvalue weighted by molar-refractivity contribution is 0.0663. The van der Waals surface area contributed by atoms with Gasteiger partial charge in [-0.3, -0.25) is 4.79 Å². The molecule has 1 amide bonds. The molecule has 2 unspecified atom stereocenters. The first-order chi connectivity index (χ1) is 13.5. The van der Waals surface area contributed by atoms with E-state index < -0.39 is 0 Å². The number of pyridine rings is 1. The van der Waals surface area contributed by atoms with E-state index in [0.29, 0.717) is 5.92 Å². The molecular weight excluding hydrogens is 417 g/mol. The molecule has 0 aliphatic carbocycles. The van der Waals surface area contributed by atoms with Gasteiger partial charge in [-0.25, -0.2) is 4.98 Å². The fourth-order valence-corrected chi connectivity index (χ4v) is 4.02. The second-order valence-electron chi connectivity index (χ2n) is 7.95. The Morgan fingerprint density at radius 3 is 2.53 bits per heavy atom. The number of aryl methyl sites for hydroxylation is 1. The van der Waals surface area contributed by atoms with Gasteiger partial charge in [0.05, 0.1) is 16.8 Å². The van der Waals surface area contributed by atoms with Crippen LogP contribution in [0.15, 0.2) is 54.6 Å². The van der Waals surface area contributed by atoms with Gasteiger partial charge in [-0.2, -0.15) is 0 Å². The van der Waals surface area contributed by atoms with Crippen LogP contribution in [-0.2, 0) is 0 Å². The highest BCUT2D eigenvalue weighted by Crippen LogP contribution is 2.28. The third kappa shape index (κ3) is 4.94. The number of fused-ring (bicyclic) bond motifs is 1. The lowest BCUT2D eigenvalue weighted by atomic mass is 9.91. The molecule has 0 radical (unpaired) electrons. The Bertz CT molecular complexity index is 1010. The smallest absolute Gasteiger partial charge is 0.254 e. The van der Waals surface area contributed by atoms with E-state index in [1.54, 1.807) is 0 Å². The summed E-state index contributed by atoms with van der Waals surface area (Å²) in [6.45, 7) is 5.62. The van der Waals surface area contributed by atoms with Crippen molar-refractivity contribution in [2.24, 2.45) is 11.7 Å². The zero-order chi connectivity index (χ0) is 19.7. The number of halogens is 2. The standard InChI is InChI=1S/C24H27N3O.2ClH/c1-16-9-11-18(12-10-16)23-14-21(20-7-3-4-8-22(20)26-23)24(28)27-13-5-6-19(15-27)17(2)25;;/h3-4,7-12,14,17,19H,5-6,13,15,25H2,1-2H3;2*1H. The maximum Gasteiger partial charge on any atom is 0.254 e. The lowest BCUT2D eigenvalue weighted by Crippen LogP contribution is -2.45. The molecule has 3 aromatic rings. The van der Waals surface area contributed by atoms with Crippen molar-refractivity contribution >= 4 is 41.6 Å². The summed E-state index contributed by atoms with van der Waals surface area (Å²) in [5, 5.41) is 0.909. The van der Waals surface area contributed by atoms with Crippen LogP contribution < -0.4 is 5.73 Å². The normalized spacial score (nSPS) is 17.0. The second-order valence-corrected chi connectivity index (χ2v) is 7.95. The van der Waals surface area contributed by atoms with E-state index in [4.69, 9.17) is 10.7 Å². The van der Waals surface area contributed by atoms with Crippen molar-refractivity contribution in [2.75, 3.05) is 13.1 Å². The summed E-state index contributed by atoms with van der Waals surface area (Å²) in [5.74, 6) is 0.444. The minimum atomic E-state index is 0. The zero-order valence-corrected chi connectivity index (χ0v) is 19.0. The largest absolute Gasteiger partial charge is 0.338 e. The van der Waals surface area contributed by atoms with Gasteiger partial charge in [0, 0.05) is 30.1 Å². The zero-order valence-electron chi connectivity index (χ0n) is 17.4. The molecule has 2 heterocycles. The summed E-state index contributed by atoms with van der Waals surface area (Å²) < 4.78 is 0. The average molecular weight is 446 g/mol. The van der Waals surface area contributed by atoms with Crippen LogP contribution in [0.25, 0.3) is 22.2 Å². The van der Waals surface area contributed by atoms with Crippen LogP contribution in [0.5, 0.6) is 0 Å². The first kappa shape index (κ1) is 24.1. The van der Waals surface area contributed by atoms with Crippen LogP contribution >= 0.6 is 24.8 Å². The number of rotatable bonds is 3. The maximum absolute atomic E-state index is 13.5. The van der Waals surface area contributed by atoms with Crippen LogP contribution in [0.4, 0.5) is 0 Å². The number of nitrogens with two attached hydrogens (primary N) is 1. The number of nitrogens with zero attached hydrogens (tertiary/aromatic N) is 2. The Labute approximate surface area is 190 Å². The third-order valence-corrected chi connectivity index (χ3v) is 5.78. The predicted octanol–water partition coefficient (Wildman–Crippen LogP) is 5.25. The maximum atomic E-state index is 13.5. The second kappa shape index (κ2) is 10.3. The number of likely N-dealkylation sites (tertiary alicyclic amines) is 1. The van der Waals surface area contributed by atoms with E-state index >= 15 is 0 Å². The van der Waals surface area contributed by atoms with Crippen LogP contribution in [-0.4, -0.2) is 34.9 Å². The van der Waals surface area contributed by atoms with Gasteiger partial charge in [-0.1, -0.05) is 48.0 Å². The Morgan fingerprint density at radius 2 is 1.83 bits per heavy atom. The Morgan fingerprint density at radius 1 is 1.13 bits per heavy atom. The fourth-order valence-electron chi connectivity index (χ4n) is 4.02. The fraction of sp³-hybridized carbons (Fsp3) is 0.333. The molecule has 1 saturated heterocycles. The van der Waals surface area contributed by atoms with E-state index in [9.17, 15) is 4.79 Å². The van der Waals surface area contributed by atoms with Gasteiger partial charge in [0.15, 0.2) is 0 Å². The molecule has 0 spiro atoms. The molecule has 2 aromatic carbocycles. The summed E-state index contributed by atoms with van der Waals surface area (Å²) in [4.78, 5) is 20.3. The number of hydrogen-bond donors (Lipinski definition) is 1. The number of para-hydroxylation sites is 1. The topological polar surface area (TPSA) is 59.2 Å². The quantitative estimate of drug-likeness (QED) is 0.598. The number of aromatic nitrogens is 1. The molecule has 4 rings (SSSR count). The van der Waals surface area contributed by atoms with Crippen molar-refractivity contribution in [3.63, 3.8) is 0 Å². The van der Waals surface area contributed by atoms with Crippen molar-refractivity contribution in [3.8, 4) is 11.3 Å². The summed E-state index contributed by atoms with van der Waals surface area (Å²) in [7, 11) is 0. The van der Waals surface area contributed by atoms with E-state index in [-0.39, 0.29) is 36.8 Å². The minimum absolute atomic E-state index is 0. The third-order valence-electron chi connectivity index (χ3n) is 5.78. The van der Waals surface area contributed by atoms with Gasteiger partial charge in [0.25, 0.3) is 5.91 Å². The SMILES string of the molecule is Cc1ccc(-c2cc(C(=O)N3CCCC(C(C)N)C3)c3ccccc3n2)cc1.Cl.Cl. The average Bonchev–Trinajstić information content (AvgIpc) is 2.73. The van der Waals surface area contributed by atoms with Gasteiger partial charge in [0.2, 0.25) is 0 Å². The number of carbonyl (C=O) groups is 1. The van der Waals surface area contributed by atoms with Crippen molar-refractivity contribution < 1.29 is 4.79 Å².